The number of aliphatic carboxylic acids is 1. The molecule has 0 unspecified atom stereocenters. The van der Waals surface area contributed by atoms with E-state index in [0.717, 1.165) is 16.6 Å². The summed E-state index contributed by atoms with van der Waals surface area (Å²) in [7, 11) is 1.97. The summed E-state index contributed by atoms with van der Waals surface area (Å²) in [6, 6.07) is 7.93. The maximum Gasteiger partial charge on any atom is 0.308 e. The second-order valence-corrected chi connectivity index (χ2v) is 5.24. The highest BCUT2D eigenvalue weighted by Gasteiger charge is 2.36. The van der Waals surface area contributed by atoms with Crippen LogP contribution in [0.3, 0.4) is 0 Å². The topological polar surface area (TPSA) is 40.5 Å². The van der Waals surface area contributed by atoms with Gasteiger partial charge in [-0.05, 0) is 24.7 Å². The Morgan fingerprint density at radius 2 is 2.25 bits per heavy atom. The molecule has 1 aromatic rings. The van der Waals surface area contributed by atoms with Gasteiger partial charge in [-0.1, -0.05) is 28.1 Å². The number of nitrogens with zero attached hydrogens (tertiary/aromatic N) is 1. The van der Waals surface area contributed by atoms with Gasteiger partial charge in [-0.3, -0.25) is 4.79 Å². The highest BCUT2D eigenvalue weighted by molar-refractivity contribution is 9.10. The lowest BCUT2D eigenvalue weighted by atomic mass is 9.89. The molecule has 0 aliphatic carbocycles. The number of rotatable bonds is 2. The largest absolute Gasteiger partial charge is 0.481 e. The van der Waals surface area contributed by atoms with Crippen LogP contribution in [0.15, 0.2) is 28.7 Å². The van der Waals surface area contributed by atoms with E-state index in [1.165, 1.54) is 0 Å². The van der Waals surface area contributed by atoms with Gasteiger partial charge in [0, 0.05) is 23.5 Å². The number of halogens is 1. The number of hydrogen-bond acceptors (Lipinski definition) is 2. The predicted molar refractivity (Wildman–Crippen MR) is 65.5 cm³/mol. The Hall–Kier alpha value is -0.870. The lowest BCUT2D eigenvalue weighted by molar-refractivity contribution is -0.141. The molecule has 1 aliphatic heterocycles. The van der Waals surface area contributed by atoms with E-state index in [4.69, 9.17) is 0 Å². The molecule has 1 aliphatic rings. The first kappa shape index (κ1) is 11.6. The van der Waals surface area contributed by atoms with Crippen molar-refractivity contribution in [3.05, 3.63) is 34.3 Å². The van der Waals surface area contributed by atoms with Gasteiger partial charge in [0.05, 0.1) is 5.92 Å². The average molecular weight is 284 g/mol. The molecule has 3 nitrogen and oxygen atoms in total. The van der Waals surface area contributed by atoms with Gasteiger partial charge in [0.2, 0.25) is 0 Å². The summed E-state index contributed by atoms with van der Waals surface area (Å²) >= 11 is 3.42. The molecule has 1 saturated heterocycles. The Bertz CT molecular complexity index is 408. The van der Waals surface area contributed by atoms with Gasteiger partial charge in [0.15, 0.2) is 0 Å². The minimum atomic E-state index is -0.700. The van der Waals surface area contributed by atoms with Crippen molar-refractivity contribution in [2.24, 2.45) is 5.92 Å². The Kier molecular flexibility index (Phi) is 3.30. The van der Waals surface area contributed by atoms with E-state index in [0.29, 0.717) is 6.54 Å². The Morgan fingerprint density at radius 1 is 1.50 bits per heavy atom. The third-order valence-corrected chi connectivity index (χ3v) is 3.59. The highest BCUT2D eigenvalue weighted by Crippen LogP contribution is 2.33. The third-order valence-electron chi connectivity index (χ3n) is 3.10. The fraction of sp³-hybridized carbons (Fsp3) is 0.417. The van der Waals surface area contributed by atoms with Crippen LogP contribution in [0.1, 0.15) is 11.5 Å². The summed E-state index contributed by atoms with van der Waals surface area (Å²) in [6.07, 6.45) is 0. The average Bonchev–Trinajstić information content (AvgIpc) is 2.60. The van der Waals surface area contributed by atoms with Crippen molar-refractivity contribution in [3.63, 3.8) is 0 Å². The second kappa shape index (κ2) is 4.55. The minimum Gasteiger partial charge on any atom is -0.481 e. The predicted octanol–water partition coefficient (Wildman–Crippen LogP) is 2.18. The molecule has 0 spiro atoms. The van der Waals surface area contributed by atoms with Crippen molar-refractivity contribution < 1.29 is 9.90 Å². The number of benzene rings is 1. The van der Waals surface area contributed by atoms with Crippen LogP contribution in [0.5, 0.6) is 0 Å². The summed E-state index contributed by atoms with van der Waals surface area (Å²) in [5.41, 5.74) is 1.10. The molecule has 1 N–H and O–H groups in total. The first-order valence-corrected chi connectivity index (χ1v) is 6.04. The Labute approximate surface area is 103 Å². The van der Waals surface area contributed by atoms with Gasteiger partial charge in [-0.15, -0.1) is 0 Å². The maximum absolute atomic E-state index is 11.2. The highest BCUT2D eigenvalue weighted by atomic mass is 79.9. The van der Waals surface area contributed by atoms with Crippen molar-refractivity contribution in [1.82, 2.24) is 4.90 Å². The van der Waals surface area contributed by atoms with Gasteiger partial charge >= 0.3 is 5.97 Å². The fourth-order valence-electron chi connectivity index (χ4n) is 2.33. The van der Waals surface area contributed by atoms with Crippen LogP contribution >= 0.6 is 15.9 Å². The summed E-state index contributed by atoms with van der Waals surface area (Å²) in [4.78, 5) is 13.3. The van der Waals surface area contributed by atoms with Crippen LogP contribution in [-0.2, 0) is 4.79 Å². The molecule has 1 heterocycles. The molecule has 4 heteroatoms. The lowest BCUT2D eigenvalue weighted by Crippen LogP contribution is -2.21. The zero-order chi connectivity index (χ0) is 11.7. The van der Waals surface area contributed by atoms with Gasteiger partial charge in [-0.25, -0.2) is 0 Å². The smallest absolute Gasteiger partial charge is 0.308 e. The molecule has 0 radical (unpaired) electrons. The molecule has 16 heavy (non-hydrogen) atoms. The standard InChI is InChI=1S/C12H14BrNO2/c1-14-6-10(11(7-14)12(15)16)8-3-2-4-9(13)5-8/h2-5,10-11H,6-7H2,1H3,(H,15,16)/t10-,11-/m1/s1. The SMILES string of the molecule is CN1C[C@H](c2cccc(Br)c2)[C@H](C(=O)O)C1. The summed E-state index contributed by atoms with van der Waals surface area (Å²) in [5.74, 6) is -0.895. The van der Waals surface area contributed by atoms with Crippen LogP contribution in [0.2, 0.25) is 0 Å². The van der Waals surface area contributed by atoms with E-state index in [-0.39, 0.29) is 11.8 Å². The number of carboxylic acid groups (broad SMARTS) is 1. The van der Waals surface area contributed by atoms with E-state index < -0.39 is 5.97 Å². The zero-order valence-electron chi connectivity index (χ0n) is 9.06. The zero-order valence-corrected chi connectivity index (χ0v) is 10.6. The van der Waals surface area contributed by atoms with E-state index in [1.54, 1.807) is 0 Å². The first-order valence-electron chi connectivity index (χ1n) is 5.24. The second-order valence-electron chi connectivity index (χ2n) is 4.33. The van der Waals surface area contributed by atoms with Gasteiger partial charge in [-0.2, -0.15) is 0 Å². The van der Waals surface area contributed by atoms with Crippen LogP contribution in [-0.4, -0.2) is 36.1 Å². The van der Waals surface area contributed by atoms with Gasteiger partial charge < -0.3 is 10.0 Å². The van der Waals surface area contributed by atoms with Crippen LogP contribution in [0, 0.1) is 5.92 Å². The van der Waals surface area contributed by atoms with E-state index >= 15 is 0 Å². The molecule has 2 atom stereocenters. The van der Waals surface area contributed by atoms with Crippen molar-refractivity contribution in [3.8, 4) is 0 Å². The summed E-state index contributed by atoms with van der Waals surface area (Å²) < 4.78 is 1.00. The molecule has 2 rings (SSSR count). The Morgan fingerprint density at radius 3 is 2.88 bits per heavy atom. The normalized spacial score (nSPS) is 25.9. The maximum atomic E-state index is 11.2. The minimum absolute atomic E-state index is 0.0972. The molecular weight excluding hydrogens is 270 g/mol. The van der Waals surface area contributed by atoms with E-state index in [1.807, 2.05) is 31.3 Å². The third kappa shape index (κ3) is 2.28. The summed E-state index contributed by atoms with van der Waals surface area (Å²) in [5, 5.41) is 9.19. The lowest BCUT2D eigenvalue weighted by Gasteiger charge is -2.15. The van der Waals surface area contributed by atoms with Crippen LogP contribution < -0.4 is 0 Å². The molecule has 86 valence electrons. The monoisotopic (exact) mass is 283 g/mol. The number of likely N-dealkylation sites (N-methyl/N-ethyl adjacent to an activating group) is 1. The van der Waals surface area contributed by atoms with Crippen LogP contribution in [0.25, 0.3) is 0 Å². The fourth-order valence-corrected chi connectivity index (χ4v) is 2.74. The number of carboxylic acids is 1. The van der Waals surface area contributed by atoms with Crippen LogP contribution in [0.4, 0.5) is 0 Å². The van der Waals surface area contributed by atoms with Crippen molar-refractivity contribution >= 4 is 21.9 Å². The molecule has 1 fully saturated rings. The molecule has 0 saturated carbocycles. The number of hydrogen-bond donors (Lipinski definition) is 1. The van der Waals surface area contributed by atoms with E-state index in [9.17, 15) is 9.90 Å². The first-order chi connectivity index (χ1) is 7.58. The number of likely N-dealkylation sites (tertiary alicyclic amines) is 1. The molecule has 0 bridgehead atoms. The van der Waals surface area contributed by atoms with Crippen molar-refractivity contribution in [2.45, 2.75) is 5.92 Å². The van der Waals surface area contributed by atoms with Gasteiger partial charge in [0.25, 0.3) is 0 Å². The molecular formula is C12H14BrNO2. The van der Waals surface area contributed by atoms with Crippen molar-refractivity contribution in [2.75, 3.05) is 20.1 Å². The summed E-state index contributed by atoms with van der Waals surface area (Å²) in [6.45, 7) is 1.44. The molecule has 0 aromatic heterocycles. The van der Waals surface area contributed by atoms with Crippen molar-refractivity contribution in [1.29, 1.82) is 0 Å². The van der Waals surface area contributed by atoms with E-state index in [2.05, 4.69) is 20.8 Å². The Balaban J connectivity index is 2.28. The quantitative estimate of drug-likeness (QED) is 0.905. The molecule has 0 amide bonds. The number of carbonyl (C=O) groups is 1. The van der Waals surface area contributed by atoms with Gasteiger partial charge in [0.1, 0.15) is 0 Å². The molecule has 1 aromatic carbocycles.